The van der Waals surface area contributed by atoms with Crippen molar-refractivity contribution in [2.75, 3.05) is 19.6 Å². The molecule has 1 aliphatic rings. The smallest absolute Gasteiger partial charge is 0.125 e. The first-order valence-electron chi connectivity index (χ1n) is 4.54. The highest BCUT2D eigenvalue weighted by Gasteiger charge is 2.12. The molecule has 0 radical (unpaired) electrons. The molecule has 0 spiro atoms. The van der Waals surface area contributed by atoms with Gasteiger partial charge in [0.15, 0.2) is 0 Å². The highest BCUT2D eigenvalue weighted by molar-refractivity contribution is 5.02. The van der Waals surface area contributed by atoms with Crippen molar-refractivity contribution in [1.82, 2.24) is 4.90 Å². The van der Waals surface area contributed by atoms with Crippen molar-refractivity contribution in [2.24, 2.45) is 5.73 Å². The van der Waals surface area contributed by atoms with Crippen LogP contribution in [-0.4, -0.2) is 35.9 Å². The van der Waals surface area contributed by atoms with Gasteiger partial charge in [-0.05, 0) is 31.5 Å². The minimum absolute atomic E-state index is 0.719. The van der Waals surface area contributed by atoms with Crippen LogP contribution in [0.2, 0.25) is 0 Å². The number of aliphatic hydroxyl groups excluding tert-OH is 1. The van der Waals surface area contributed by atoms with Crippen LogP contribution in [0.3, 0.4) is 0 Å². The normalized spacial score (nSPS) is 22.2. The summed E-state index contributed by atoms with van der Waals surface area (Å²) in [4.78, 5) is 2.29. The second-order valence-corrected chi connectivity index (χ2v) is 3.44. The molecule has 3 N–H and O–H groups in total. The zero-order chi connectivity index (χ0) is 8.97. The Morgan fingerprint density at radius 2 is 2.00 bits per heavy atom. The maximum Gasteiger partial charge on any atom is 0.125 e. The van der Waals surface area contributed by atoms with Gasteiger partial charge in [0.1, 0.15) is 6.23 Å². The molecule has 1 aliphatic heterocycles. The summed E-state index contributed by atoms with van der Waals surface area (Å²) >= 11 is 0. The molecule has 1 rings (SSSR count). The Morgan fingerprint density at radius 3 is 2.50 bits per heavy atom. The molecule has 0 bridgehead atoms. The van der Waals surface area contributed by atoms with Crippen LogP contribution < -0.4 is 5.73 Å². The largest absolute Gasteiger partial charge is 0.375 e. The van der Waals surface area contributed by atoms with E-state index < -0.39 is 6.23 Å². The average Bonchev–Trinajstić information content (AvgIpc) is 2.06. The number of nitrogens with two attached hydrogens (primary N) is 1. The molecule has 0 aromatic heterocycles. The molecule has 1 heterocycles. The highest BCUT2D eigenvalue weighted by atomic mass is 16.3. The molecule has 3 nitrogen and oxygen atoms in total. The summed E-state index contributed by atoms with van der Waals surface area (Å²) in [5, 5.41) is 9.00. The van der Waals surface area contributed by atoms with E-state index in [-0.39, 0.29) is 0 Å². The van der Waals surface area contributed by atoms with E-state index in [1.807, 2.05) is 0 Å². The molecule has 1 fully saturated rings. The molecular weight excluding hydrogens is 152 g/mol. The lowest BCUT2D eigenvalue weighted by Gasteiger charge is -2.27. The van der Waals surface area contributed by atoms with Crippen molar-refractivity contribution in [1.29, 1.82) is 0 Å². The second kappa shape index (κ2) is 4.60. The number of likely N-dealkylation sites (tertiary alicyclic amines) is 1. The summed E-state index contributed by atoms with van der Waals surface area (Å²) < 4.78 is 0. The number of rotatable bonds is 3. The molecule has 0 aromatic rings. The Morgan fingerprint density at radius 1 is 1.42 bits per heavy atom. The van der Waals surface area contributed by atoms with Gasteiger partial charge in [-0.15, -0.1) is 0 Å². The molecular formula is C9H18N2O. The predicted molar refractivity (Wildman–Crippen MR) is 49.6 cm³/mol. The zero-order valence-corrected chi connectivity index (χ0v) is 7.50. The van der Waals surface area contributed by atoms with E-state index in [0.29, 0.717) is 0 Å². The predicted octanol–water partition coefficient (Wildman–Crippen LogP) is 0.306. The Balaban J connectivity index is 2.24. The van der Waals surface area contributed by atoms with Crippen LogP contribution in [0.4, 0.5) is 0 Å². The van der Waals surface area contributed by atoms with Gasteiger partial charge >= 0.3 is 0 Å². The molecule has 0 amide bonds. The Hall–Kier alpha value is -0.380. The van der Waals surface area contributed by atoms with Crippen molar-refractivity contribution in [3.8, 4) is 0 Å². The zero-order valence-electron chi connectivity index (χ0n) is 7.50. The van der Waals surface area contributed by atoms with Gasteiger partial charge in [0.2, 0.25) is 0 Å². The first-order chi connectivity index (χ1) is 5.70. The molecule has 70 valence electrons. The summed E-state index contributed by atoms with van der Waals surface area (Å²) in [7, 11) is 0. The van der Waals surface area contributed by atoms with E-state index in [0.717, 1.165) is 25.2 Å². The molecule has 0 saturated carbocycles. The molecule has 1 saturated heterocycles. The van der Waals surface area contributed by atoms with E-state index in [9.17, 15) is 0 Å². The van der Waals surface area contributed by atoms with Crippen LogP contribution >= 0.6 is 0 Å². The van der Waals surface area contributed by atoms with E-state index >= 15 is 0 Å². The van der Waals surface area contributed by atoms with Gasteiger partial charge in [0.25, 0.3) is 0 Å². The quantitative estimate of drug-likeness (QED) is 0.473. The molecule has 0 aromatic carbocycles. The number of piperidine rings is 1. The maximum atomic E-state index is 9.00. The summed E-state index contributed by atoms with van der Waals surface area (Å²) in [5.41, 5.74) is 6.00. The SMILES string of the molecule is C=C(CN1CCCCC1)[C@@H](N)O. The van der Waals surface area contributed by atoms with Crippen LogP contribution in [-0.2, 0) is 0 Å². The van der Waals surface area contributed by atoms with Crippen molar-refractivity contribution in [3.05, 3.63) is 12.2 Å². The van der Waals surface area contributed by atoms with E-state index in [1.54, 1.807) is 0 Å². The number of hydrogen-bond donors (Lipinski definition) is 2. The number of aliphatic hydroxyl groups is 1. The lowest BCUT2D eigenvalue weighted by atomic mass is 10.1. The highest BCUT2D eigenvalue weighted by Crippen LogP contribution is 2.10. The fourth-order valence-corrected chi connectivity index (χ4v) is 1.50. The van der Waals surface area contributed by atoms with Gasteiger partial charge in [-0.3, -0.25) is 4.90 Å². The summed E-state index contributed by atoms with van der Waals surface area (Å²) in [6.45, 7) is 6.71. The standard InChI is InChI=1S/C9H18N2O/c1-8(9(10)12)7-11-5-3-2-4-6-11/h9,12H,1-7,10H2/t9-/m0/s1. The third kappa shape index (κ3) is 2.93. The van der Waals surface area contributed by atoms with Crippen LogP contribution in [0.25, 0.3) is 0 Å². The van der Waals surface area contributed by atoms with E-state index in [2.05, 4.69) is 11.5 Å². The minimum Gasteiger partial charge on any atom is -0.375 e. The van der Waals surface area contributed by atoms with Crippen LogP contribution in [0, 0.1) is 0 Å². The number of hydrogen-bond acceptors (Lipinski definition) is 3. The lowest BCUT2D eigenvalue weighted by Crippen LogP contribution is -2.35. The van der Waals surface area contributed by atoms with Crippen molar-refractivity contribution in [2.45, 2.75) is 25.5 Å². The maximum absolute atomic E-state index is 9.00. The molecule has 0 unspecified atom stereocenters. The second-order valence-electron chi connectivity index (χ2n) is 3.44. The van der Waals surface area contributed by atoms with Gasteiger partial charge in [-0.1, -0.05) is 13.0 Å². The lowest BCUT2D eigenvalue weighted by molar-refractivity contribution is 0.187. The van der Waals surface area contributed by atoms with E-state index in [4.69, 9.17) is 10.8 Å². The Labute approximate surface area is 73.9 Å². The molecule has 1 atom stereocenters. The van der Waals surface area contributed by atoms with Crippen molar-refractivity contribution in [3.63, 3.8) is 0 Å². The summed E-state index contributed by atoms with van der Waals surface area (Å²) in [6, 6.07) is 0. The minimum atomic E-state index is -0.855. The monoisotopic (exact) mass is 170 g/mol. The van der Waals surface area contributed by atoms with Gasteiger partial charge in [-0.2, -0.15) is 0 Å². The first-order valence-corrected chi connectivity index (χ1v) is 4.54. The summed E-state index contributed by atoms with van der Waals surface area (Å²) in [5.74, 6) is 0. The molecule has 3 heteroatoms. The van der Waals surface area contributed by atoms with Gasteiger partial charge in [0, 0.05) is 6.54 Å². The fourth-order valence-electron chi connectivity index (χ4n) is 1.50. The van der Waals surface area contributed by atoms with Crippen LogP contribution in [0.15, 0.2) is 12.2 Å². The molecule has 12 heavy (non-hydrogen) atoms. The van der Waals surface area contributed by atoms with Crippen LogP contribution in [0.5, 0.6) is 0 Å². The van der Waals surface area contributed by atoms with E-state index in [1.165, 1.54) is 19.3 Å². The average molecular weight is 170 g/mol. The first kappa shape index (κ1) is 9.71. The summed E-state index contributed by atoms with van der Waals surface area (Å²) in [6.07, 6.45) is 2.99. The van der Waals surface area contributed by atoms with Gasteiger partial charge in [-0.25, -0.2) is 0 Å². The Bertz CT molecular complexity index is 151. The van der Waals surface area contributed by atoms with Crippen molar-refractivity contribution < 1.29 is 5.11 Å². The van der Waals surface area contributed by atoms with Crippen molar-refractivity contribution >= 4 is 0 Å². The van der Waals surface area contributed by atoms with Gasteiger partial charge < -0.3 is 10.8 Å². The fraction of sp³-hybridized carbons (Fsp3) is 0.778. The van der Waals surface area contributed by atoms with Gasteiger partial charge in [0.05, 0.1) is 0 Å². The number of nitrogens with zero attached hydrogens (tertiary/aromatic N) is 1. The topological polar surface area (TPSA) is 49.5 Å². The molecule has 0 aliphatic carbocycles. The third-order valence-corrected chi connectivity index (χ3v) is 2.29. The third-order valence-electron chi connectivity index (χ3n) is 2.29. The Kier molecular flexibility index (Phi) is 3.72. The van der Waals surface area contributed by atoms with Crippen LogP contribution in [0.1, 0.15) is 19.3 Å².